The summed E-state index contributed by atoms with van der Waals surface area (Å²) < 4.78 is 0. The highest BCUT2D eigenvalue weighted by atomic mass is 15.0. The van der Waals surface area contributed by atoms with E-state index in [4.69, 9.17) is 15.0 Å². The van der Waals surface area contributed by atoms with E-state index in [9.17, 15) is 10.5 Å². The van der Waals surface area contributed by atoms with Gasteiger partial charge >= 0.3 is 0 Å². The summed E-state index contributed by atoms with van der Waals surface area (Å²) >= 11 is 0. The Hall–Kier alpha value is -8.77. The lowest BCUT2D eigenvalue weighted by atomic mass is 9.90. The first-order valence-electron chi connectivity index (χ1n) is 20.5. The molecule has 0 spiro atoms. The third-order valence-corrected chi connectivity index (χ3v) is 11.7. The van der Waals surface area contributed by atoms with Gasteiger partial charge in [0.2, 0.25) is 0 Å². The quantitative estimate of drug-likeness (QED) is 0.161. The molecular formula is C57H33N5. The second kappa shape index (κ2) is 15.1. The second-order valence-corrected chi connectivity index (χ2v) is 15.4. The number of benzene rings is 9. The summed E-state index contributed by atoms with van der Waals surface area (Å²) in [5, 5.41) is 22.2. The fourth-order valence-electron chi connectivity index (χ4n) is 8.76. The number of aromatic nitrogens is 3. The van der Waals surface area contributed by atoms with Gasteiger partial charge in [0.15, 0.2) is 17.5 Å². The number of nitrogens with zero attached hydrogens (tertiary/aromatic N) is 5. The summed E-state index contributed by atoms with van der Waals surface area (Å²) in [7, 11) is 0. The molecule has 0 atom stereocenters. The molecule has 1 heterocycles. The van der Waals surface area contributed by atoms with E-state index in [1.807, 2.05) is 103 Å². The lowest BCUT2D eigenvalue weighted by Crippen LogP contribution is -2.01. The van der Waals surface area contributed by atoms with E-state index < -0.39 is 0 Å². The average Bonchev–Trinajstić information content (AvgIpc) is 3.69. The maximum Gasteiger partial charge on any atom is 0.164 e. The van der Waals surface area contributed by atoms with Crippen molar-refractivity contribution in [2.24, 2.45) is 0 Å². The van der Waals surface area contributed by atoms with Crippen molar-refractivity contribution in [3.8, 4) is 113 Å². The van der Waals surface area contributed by atoms with E-state index in [0.29, 0.717) is 28.6 Å². The molecule has 1 aliphatic carbocycles. The van der Waals surface area contributed by atoms with Gasteiger partial charge in [-0.3, -0.25) is 0 Å². The molecule has 9 aromatic carbocycles. The zero-order chi connectivity index (χ0) is 41.6. The van der Waals surface area contributed by atoms with Crippen LogP contribution >= 0.6 is 0 Å². The number of nitriles is 2. The predicted octanol–water partition coefficient (Wildman–Crippen LogP) is 14.1. The summed E-state index contributed by atoms with van der Waals surface area (Å²) in [4.78, 5) is 15.0. The van der Waals surface area contributed by atoms with Gasteiger partial charge in [-0.05, 0) is 114 Å². The van der Waals surface area contributed by atoms with Crippen LogP contribution in [0.2, 0.25) is 0 Å². The number of rotatable bonds is 7. The Labute approximate surface area is 359 Å². The molecule has 0 aliphatic heterocycles. The van der Waals surface area contributed by atoms with Crippen LogP contribution in [0, 0.1) is 22.7 Å². The molecule has 0 N–H and O–H groups in total. The first-order valence-corrected chi connectivity index (χ1v) is 20.5. The highest BCUT2D eigenvalue weighted by Gasteiger charge is 2.24. The summed E-state index contributed by atoms with van der Waals surface area (Å²) in [6.07, 6.45) is 0. The van der Waals surface area contributed by atoms with Crippen LogP contribution in [0.3, 0.4) is 0 Å². The van der Waals surface area contributed by atoms with E-state index in [-0.39, 0.29) is 0 Å². The Morgan fingerprint density at radius 1 is 0.290 bits per heavy atom. The minimum Gasteiger partial charge on any atom is -0.208 e. The first-order chi connectivity index (χ1) is 30.6. The van der Waals surface area contributed by atoms with Crippen LogP contribution in [0.1, 0.15) is 11.1 Å². The number of fused-ring (bicyclic) bond motifs is 3. The predicted molar refractivity (Wildman–Crippen MR) is 249 cm³/mol. The normalized spacial score (nSPS) is 11.2. The monoisotopic (exact) mass is 787 g/mol. The maximum absolute atomic E-state index is 10.2. The van der Waals surface area contributed by atoms with Crippen LogP contribution in [0.15, 0.2) is 200 Å². The fraction of sp³-hybridized carbons (Fsp3) is 0. The zero-order valence-corrected chi connectivity index (χ0v) is 33.3. The number of hydrogen-bond acceptors (Lipinski definition) is 5. The van der Waals surface area contributed by atoms with Crippen LogP contribution in [0.5, 0.6) is 0 Å². The highest BCUT2D eigenvalue weighted by Crippen LogP contribution is 2.51. The van der Waals surface area contributed by atoms with Gasteiger partial charge in [-0.1, -0.05) is 164 Å². The SMILES string of the molecule is N#Cc1ccc(-c2ccccc2-c2nc(-c3ccccc3)nc(-c3ccc(-c4cc(C#N)cc(-c5cccc(-c6ccc7cccc8c7c6-c6ccccc6-8)c5)c4)cc3)n2)cc1. The fourth-order valence-corrected chi connectivity index (χ4v) is 8.76. The zero-order valence-electron chi connectivity index (χ0n) is 33.3. The van der Waals surface area contributed by atoms with Gasteiger partial charge in [0.1, 0.15) is 0 Å². The molecule has 0 bridgehead atoms. The molecule has 286 valence electrons. The van der Waals surface area contributed by atoms with E-state index in [1.54, 1.807) is 0 Å². The van der Waals surface area contributed by atoms with Crippen LogP contribution in [0.25, 0.3) is 112 Å². The summed E-state index contributed by atoms with van der Waals surface area (Å²) in [5.74, 6) is 1.67. The van der Waals surface area contributed by atoms with E-state index in [1.165, 1.54) is 38.6 Å². The molecule has 0 fully saturated rings. The minimum absolute atomic E-state index is 0.546. The van der Waals surface area contributed by atoms with Crippen LogP contribution in [-0.2, 0) is 0 Å². The molecule has 11 rings (SSSR count). The van der Waals surface area contributed by atoms with Crippen molar-refractivity contribution in [1.29, 1.82) is 10.5 Å². The van der Waals surface area contributed by atoms with Crippen molar-refractivity contribution in [1.82, 2.24) is 15.0 Å². The van der Waals surface area contributed by atoms with Crippen molar-refractivity contribution < 1.29 is 0 Å². The minimum atomic E-state index is 0.546. The molecule has 0 amide bonds. The highest BCUT2D eigenvalue weighted by molar-refractivity contribution is 6.19. The van der Waals surface area contributed by atoms with Crippen LogP contribution < -0.4 is 0 Å². The molecule has 5 nitrogen and oxygen atoms in total. The van der Waals surface area contributed by atoms with Crippen LogP contribution in [-0.4, -0.2) is 15.0 Å². The van der Waals surface area contributed by atoms with Crippen molar-refractivity contribution in [3.05, 3.63) is 211 Å². The summed E-state index contributed by atoms with van der Waals surface area (Å²) in [6, 6.07) is 72.8. The molecule has 0 saturated heterocycles. The summed E-state index contributed by atoms with van der Waals surface area (Å²) in [6.45, 7) is 0. The van der Waals surface area contributed by atoms with Gasteiger partial charge in [0.25, 0.3) is 0 Å². The Kier molecular flexibility index (Phi) is 8.85. The molecule has 1 aliphatic rings. The molecule has 5 heteroatoms. The Morgan fingerprint density at radius 2 is 0.823 bits per heavy atom. The lowest BCUT2D eigenvalue weighted by Gasteiger charge is -2.13. The maximum atomic E-state index is 10.2. The van der Waals surface area contributed by atoms with Gasteiger partial charge < -0.3 is 0 Å². The van der Waals surface area contributed by atoms with E-state index in [2.05, 4.69) is 109 Å². The molecule has 1 aromatic heterocycles. The standard InChI is InChI=1S/C57H33N5/c58-34-36-20-22-39(23-21-36)47-15-4-7-18-52(47)57-61-55(41-10-2-1-3-11-41)60-56(62-57)42-26-24-38(25-27-42)45-30-37(35-59)31-46(33-45)43-13-8-14-44(32-43)48-29-28-40-12-9-19-50-49-16-5-6-17-51(49)54(48)53(40)50/h1-33H. The lowest BCUT2D eigenvalue weighted by molar-refractivity contribution is 1.07. The third-order valence-electron chi connectivity index (χ3n) is 11.7. The van der Waals surface area contributed by atoms with E-state index in [0.717, 1.165) is 55.6 Å². The molecule has 0 saturated carbocycles. The Morgan fingerprint density at radius 3 is 1.56 bits per heavy atom. The average molecular weight is 788 g/mol. The van der Waals surface area contributed by atoms with Crippen molar-refractivity contribution in [3.63, 3.8) is 0 Å². The van der Waals surface area contributed by atoms with Gasteiger partial charge in [-0.25, -0.2) is 15.0 Å². The topological polar surface area (TPSA) is 86.2 Å². The second-order valence-electron chi connectivity index (χ2n) is 15.4. The first kappa shape index (κ1) is 36.3. The Bertz CT molecular complexity index is 3470. The van der Waals surface area contributed by atoms with Crippen molar-refractivity contribution in [2.75, 3.05) is 0 Å². The van der Waals surface area contributed by atoms with Crippen LogP contribution in [0.4, 0.5) is 0 Å². The molecule has 10 aromatic rings. The van der Waals surface area contributed by atoms with Gasteiger partial charge in [-0.2, -0.15) is 10.5 Å². The molecule has 0 radical (unpaired) electrons. The third kappa shape index (κ3) is 6.39. The Balaban J connectivity index is 0.965. The molecule has 62 heavy (non-hydrogen) atoms. The molecular weight excluding hydrogens is 755 g/mol. The van der Waals surface area contributed by atoms with Gasteiger partial charge in [0.05, 0.1) is 23.3 Å². The molecule has 0 unspecified atom stereocenters. The van der Waals surface area contributed by atoms with E-state index >= 15 is 0 Å². The van der Waals surface area contributed by atoms with Gasteiger partial charge in [0, 0.05) is 16.7 Å². The largest absolute Gasteiger partial charge is 0.208 e. The van der Waals surface area contributed by atoms with Gasteiger partial charge in [-0.15, -0.1) is 0 Å². The smallest absolute Gasteiger partial charge is 0.164 e. The van der Waals surface area contributed by atoms with Crippen molar-refractivity contribution in [2.45, 2.75) is 0 Å². The van der Waals surface area contributed by atoms with Crippen molar-refractivity contribution >= 4 is 10.8 Å². The summed E-state index contributed by atoms with van der Waals surface area (Å²) in [5.41, 5.74) is 17.0. The number of hydrogen-bond donors (Lipinski definition) is 0.